The molecule has 7 nitrogen and oxygen atoms in total. The van der Waals surface area contributed by atoms with E-state index in [1.165, 1.54) is 28.3 Å². The molecule has 2 N–H and O–H groups in total. The highest BCUT2D eigenvalue weighted by Gasteiger charge is 2.38. The molecule has 1 aliphatic heterocycles. The summed E-state index contributed by atoms with van der Waals surface area (Å²) in [5, 5.41) is 11.5. The maximum absolute atomic E-state index is 14.6. The molecule has 1 saturated heterocycles. The van der Waals surface area contributed by atoms with Gasteiger partial charge in [-0.25, -0.2) is 31.4 Å². The molecule has 2 aromatic carbocycles. The van der Waals surface area contributed by atoms with Crippen molar-refractivity contribution < 1.29 is 44.7 Å². The molecular weight excluding hydrogens is 560 g/mol. The number of aromatic nitrogens is 1. The maximum Gasteiger partial charge on any atom is 0.490 e. The predicted molar refractivity (Wildman–Crippen MR) is 127 cm³/mol. The number of thiazole rings is 1. The summed E-state index contributed by atoms with van der Waals surface area (Å²) in [6.07, 6.45) is -4.00. The number of benzene rings is 2. The fourth-order valence-electron chi connectivity index (χ4n) is 3.44. The van der Waals surface area contributed by atoms with Crippen molar-refractivity contribution in [2.45, 2.75) is 36.3 Å². The second kappa shape index (κ2) is 12.1. The largest absolute Gasteiger partial charge is 0.490 e. The minimum absolute atomic E-state index is 0.0711. The van der Waals surface area contributed by atoms with Crippen molar-refractivity contribution in [2.75, 3.05) is 18.4 Å². The van der Waals surface area contributed by atoms with Crippen molar-refractivity contribution in [3.63, 3.8) is 0 Å². The quantitative estimate of drug-likeness (QED) is 0.362. The lowest BCUT2D eigenvalue weighted by Gasteiger charge is -2.31. The number of carboxylic acids is 1. The fourth-order valence-corrected chi connectivity index (χ4v) is 5.51. The first-order valence-corrected chi connectivity index (χ1v) is 13.5. The minimum atomic E-state index is -5.08. The average Bonchev–Trinajstić information content (AvgIpc) is 3.27. The van der Waals surface area contributed by atoms with Gasteiger partial charge < -0.3 is 10.4 Å². The Morgan fingerprint density at radius 2 is 1.74 bits per heavy atom. The van der Waals surface area contributed by atoms with Crippen LogP contribution in [0.1, 0.15) is 23.2 Å². The van der Waals surface area contributed by atoms with Gasteiger partial charge in [-0.05, 0) is 43.3 Å². The summed E-state index contributed by atoms with van der Waals surface area (Å²) in [5.41, 5.74) is 2.97. The van der Waals surface area contributed by atoms with Crippen LogP contribution in [0.25, 0.3) is 0 Å². The lowest BCUT2D eigenvalue weighted by atomic mass is 10.0. The standard InChI is InChI=1S/C21H20F3N3O2S2.C2HF3O2/c22-18-4-1-3-14(17(18)10-27-5-2-6-27)9-25-15-7-19(23)21(20(24)8-15)31(28,29)12-16-11-30-13-26-16;3-2(4,5)1(6)7/h1,3-4,7-8,11,13,25H,2,5-6,9-10,12H2;(H,6,7). The lowest BCUT2D eigenvalue weighted by Crippen LogP contribution is -2.36. The molecule has 0 spiro atoms. The molecule has 0 radical (unpaired) electrons. The number of likely N-dealkylation sites (tertiary alicyclic amines) is 1. The van der Waals surface area contributed by atoms with Crippen LogP contribution in [0.3, 0.4) is 0 Å². The van der Waals surface area contributed by atoms with Crippen molar-refractivity contribution >= 4 is 32.8 Å². The zero-order chi connectivity index (χ0) is 28.1. The zero-order valence-electron chi connectivity index (χ0n) is 19.4. The number of nitrogens with one attached hydrogen (secondary N) is 1. The normalized spacial score (nSPS) is 13.8. The van der Waals surface area contributed by atoms with Gasteiger partial charge in [-0.2, -0.15) is 13.2 Å². The first-order valence-electron chi connectivity index (χ1n) is 10.9. The van der Waals surface area contributed by atoms with E-state index in [-0.39, 0.29) is 23.7 Å². The fraction of sp³-hybridized carbons (Fsp3) is 0.304. The zero-order valence-corrected chi connectivity index (χ0v) is 21.1. The van der Waals surface area contributed by atoms with Crippen molar-refractivity contribution in [3.05, 3.63) is 75.5 Å². The van der Waals surface area contributed by atoms with E-state index in [2.05, 4.69) is 15.2 Å². The van der Waals surface area contributed by atoms with E-state index >= 15 is 0 Å². The van der Waals surface area contributed by atoms with Crippen molar-refractivity contribution in [1.82, 2.24) is 9.88 Å². The number of aliphatic carboxylic acids is 1. The molecule has 2 heterocycles. The van der Waals surface area contributed by atoms with Gasteiger partial charge >= 0.3 is 12.1 Å². The van der Waals surface area contributed by atoms with Crippen LogP contribution >= 0.6 is 11.3 Å². The van der Waals surface area contributed by atoms with Gasteiger partial charge in [0.05, 0.1) is 17.0 Å². The SMILES string of the molecule is O=C(O)C(F)(F)F.O=S(=O)(Cc1cscn1)c1c(F)cc(NCc2cccc(F)c2CN2CCC2)cc1F. The minimum Gasteiger partial charge on any atom is -0.475 e. The van der Waals surface area contributed by atoms with Gasteiger partial charge in [0.1, 0.15) is 22.3 Å². The van der Waals surface area contributed by atoms with Crippen LogP contribution in [0.15, 0.2) is 46.1 Å². The van der Waals surface area contributed by atoms with E-state index in [0.29, 0.717) is 17.7 Å². The van der Waals surface area contributed by atoms with Crippen LogP contribution in [0, 0.1) is 17.5 Å². The number of hydrogen-bond donors (Lipinski definition) is 2. The van der Waals surface area contributed by atoms with Gasteiger partial charge in [0.2, 0.25) is 0 Å². The number of carboxylic acid groups (broad SMARTS) is 1. The second-order valence-corrected chi connectivity index (χ2v) is 10.8. The monoisotopic (exact) mass is 581 g/mol. The van der Waals surface area contributed by atoms with Gasteiger partial charge in [0.15, 0.2) is 9.84 Å². The van der Waals surface area contributed by atoms with E-state index in [9.17, 15) is 34.8 Å². The summed E-state index contributed by atoms with van der Waals surface area (Å²) in [4.78, 5) is 13.9. The summed E-state index contributed by atoms with van der Waals surface area (Å²) in [7, 11) is -4.24. The van der Waals surface area contributed by atoms with E-state index in [1.54, 1.807) is 12.1 Å². The maximum atomic E-state index is 14.6. The third-order valence-corrected chi connectivity index (χ3v) is 7.73. The molecule has 206 valence electrons. The number of alkyl halides is 3. The molecule has 3 aromatic rings. The number of nitrogens with zero attached hydrogens (tertiary/aromatic N) is 2. The van der Waals surface area contributed by atoms with Crippen LogP contribution in [0.2, 0.25) is 0 Å². The number of halogens is 6. The van der Waals surface area contributed by atoms with Gasteiger partial charge in [-0.3, -0.25) is 4.90 Å². The Labute approximate surface area is 217 Å². The second-order valence-electron chi connectivity index (χ2n) is 8.17. The molecule has 0 bridgehead atoms. The number of hydrogen-bond acceptors (Lipinski definition) is 7. The topological polar surface area (TPSA) is 99.6 Å². The molecule has 38 heavy (non-hydrogen) atoms. The van der Waals surface area contributed by atoms with E-state index in [4.69, 9.17) is 9.90 Å². The highest BCUT2D eigenvalue weighted by atomic mass is 32.2. The van der Waals surface area contributed by atoms with Gasteiger partial charge in [-0.15, -0.1) is 11.3 Å². The molecule has 1 fully saturated rings. The lowest BCUT2D eigenvalue weighted by molar-refractivity contribution is -0.192. The third kappa shape index (κ3) is 7.68. The van der Waals surface area contributed by atoms with Crippen LogP contribution in [-0.4, -0.2) is 48.6 Å². The predicted octanol–water partition coefficient (Wildman–Crippen LogP) is 4.99. The van der Waals surface area contributed by atoms with Crippen molar-refractivity contribution in [3.8, 4) is 0 Å². The van der Waals surface area contributed by atoms with Crippen LogP contribution < -0.4 is 5.32 Å². The van der Waals surface area contributed by atoms with E-state index < -0.39 is 44.3 Å². The van der Waals surface area contributed by atoms with Crippen LogP contribution in [-0.2, 0) is 33.5 Å². The van der Waals surface area contributed by atoms with Crippen LogP contribution in [0.5, 0.6) is 0 Å². The number of anilines is 1. The molecule has 0 unspecified atom stereocenters. The molecule has 0 amide bonds. The molecule has 0 saturated carbocycles. The van der Waals surface area contributed by atoms with Gasteiger partial charge in [0.25, 0.3) is 0 Å². The molecule has 1 aliphatic rings. The van der Waals surface area contributed by atoms with Gasteiger partial charge in [0, 0.05) is 29.7 Å². The molecule has 1 aromatic heterocycles. The Balaban J connectivity index is 0.000000505. The Kier molecular flexibility index (Phi) is 9.38. The first kappa shape index (κ1) is 29.4. The molecule has 0 atom stereocenters. The highest BCUT2D eigenvalue weighted by molar-refractivity contribution is 7.90. The summed E-state index contributed by atoms with van der Waals surface area (Å²) in [6, 6.07) is 6.60. The first-order chi connectivity index (χ1) is 17.8. The number of carbonyl (C=O) groups is 1. The number of sulfone groups is 1. The smallest absolute Gasteiger partial charge is 0.475 e. The van der Waals surface area contributed by atoms with Crippen molar-refractivity contribution in [2.24, 2.45) is 0 Å². The molecule has 0 aliphatic carbocycles. The number of rotatable bonds is 8. The Bertz CT molecular complexity index is 1360. The third-order valence-electron chi connectivity index (χ3n) is 5.40. The van der Waals surface area contributed by atoms with E-state index in [0.717, 1.165) is 31.6 Å². The summed E-state index contributed by atoms with van der Waals surface area (Å²) in [5.74, 6) is -6.03. The molecule has 4 rings (SSSR count). The Hall–Kier alpha value is -3.17. The van der Waals surface area contributed by atoms with Gasteiger partial charge in [-0.1, -0.05) is 12.1 Å². The summed E-state index contributed by atoms with van der Waals surface area (Å²) >= 11 is 1.20. The Morgan fingerprint density at radius 1 is 1.11 bits per heavy atom. The highest BCUT2D eigenvalue weighted by Crippen LogP contribution is 2.27. The van der Waals surface area contributed by atoms with Crippen LogP contribution in [0.4, 0.5) is 32.0 Å². The van der Waals surface area contributed by atoms with Crippen molar-refractivity contribution in [1.29, 1.82) is 0 Å². The Morgan fingerprint density at radius 3 is 2.24 bits per heavy atom. The molecule has 15 heteroatoms. The molecular formula is C23H21F6N3O4S2. The summed E-state index contributed by atoms with van der Waals surface area (Å²) < 4.78 is 100. The average molecular weight is 582 g/mol. The van der Waals surface area contributed by atoms with E-state index in [1.807, 2.05) is 0 Å². The summed E-state index contributed by atoms with van der Waals surface area (Å²) in [6.45, 7) is 2.44.